The van der Waals surface area contributed by atoms with Gasteiger partial charge in [-0.1, -0.05) is 0 Å². The number of nitrogens with one attached hydrogen (secondary N) is 2. The number of rotatable bonds is 3. The number of non-ortho nitro benzene ring substituents is 1. The molecule has 21 heavy (non-hydrogen) atoms. The number of anilines is 1. The van der Waals surface area contributed by atoms with Crippen LogP contribution in [0.1, 0.15) is 12.8 Å². The molecule has 108 valence electrons. The van der Waals surface area contributed by atoms with Crippen molar-refractivity contribution < 1.29 is 9.72 Å². The highest BCUT2D eigenvalue weighted by Crippen LogP contribution is 2.31. The normalized spacial score (nSPS) is 18.3. The number of piperidine rings is 1. The van der Waals surface area contributed by atoms with E-state index in [-0.39, 0.29) is 17.6 Å². The van der Waals surface area contributed by atoms with E-state index < -0.39 is 4.92 Å². The van der Waals surface area contributed by atoms with Gasteiger partial charge >= 0.3 is 0 Å². The summed E-state index contributed by atoms with van der Waals surface area (Å²) in [5, 5.41) is 18.2. The first-order chi connectivity index (χ1) is 10.2. The predicted octanol–water partition coefficient (Wildman–Crippen LogP) is 1.83. The molecule has 7 heteroatoms. The Morgan fingerprint density at radius 3 is 2.95 bits per heavy atom. The van der Waals surface area contributed by atoms with Gasteiger partial charge in [-0.15, -0.1) is 0 Å². The number of nitro groups is 1. The Kier molecular flexibility index (Phi) is 3.39. The molecular weight excluding hydrogens is 272 g/mol. The summed E-state index contributed by atoms with van der Waals surface area (Å²) in [6.07, 6.45) is 4.71. The molecule has 0 radical (unpaired) electrons. The molecular formula is C14H14N4O3. The number of amides is 1. The van der Waals surface area contributed by atoms with E-state index in [0.717, 1.165) is 12.8 Å². The average Bonchev–Trinajstić information content (AvgIpc) is 2.49. The van der Waals surface area contributed by atoms with E-state index in [9.17, 15) is 14.9 Å². The van der Waals surface area contributed by atoms with Crippen LogP contribution in [0.3, 0.4) is 0 Å². The molecule has 1 aliphatic rings. The Bertz CT molecular complexity index is 716. The van der Waals surface area contributed by atoms with E-state index in [4.69, 9.17) is 0 Å². The zero-order valence-corrected chi connectivity index (χ0v) is 11.2. The van der Waals surface area contributed by atoms with Crippen LogP contribution in [0.2, 0.25) is 0 Å². The Morgan fingerprint density at radius 1 is 1.33 bits per heavy atom. The number of nitro benzene ring substituents is 1. The van der Waals surface area contributed by atoms with Crippen molar-refractivity contribution in [3.05, 3.63) is 40.7 Å². The molecule has 2 heterocycles. The third kappa shape index (κ3) is 2.49. The fourth-order valence-corrected chi connectivity index (χ4v) is 2.56. The van der Waals surface area contributed by atoms with Crippen molar-refractivity contribution in [2.45, 2.75) is 18.9 Å². The van der Waals surface area contributed by atoms with Crippen LogP contribution in [0.4, 0.5) is 11.4 Å². The van der Waals surface area contributed by atoms with Crippen LogP contribution in [0, 0.1) is 10.1 Å². The Hall–Kier alpha value is -2.70. The maximum absolute atomic E-state index is 11.8. The number of nitrogens with zero attached hydrogens (tertiary/aromatic N) is 2. The van der Waals surface area contributed by atoms with Gasteiger partial charge in [0.05, 0.1) is 10.3 Å². The standard InChI is InChI=1S/C14H14N4O3/c19-14-12(2-1-6-16-14)17-11-3-4-13(18(20)21)10-8-15-7-5-9(10)11/h3-5,7-8,12,17H,1-2,6H2,(H,16,19). The maximum atomic E-state index is 11.8. The molecule has 1 aromatic carbocycles. The van der Waals surface area contributed by atoms with Crippen molar-refractivity contribution in [2.24, 2.45) is 0 Å². The molecule has 3 rings (SSSR count). The van der Waals surface area contributed by atoms with Crippen LogP contribution in [0.25, 0.3) is 10.8 Å². The number of fused-ring (bicyclic) bond motifs is 1. The number of hydrogen-bond acceptors (Lipinski definition) is 5. The van der Waals surface area contributed by atoms with Crippen molar-refractivity contribution >= 4 is 28.1 Å². The number of aromatic nitrogens is 1. The average molecular weight is 286 g/mol. The number of hydrogen-bond donors (Lipinski definition) is 2. The number of carbonyl (C=O) groups is 1. The van der Waals surface area contributed by atoms with Gasteiger partial charge in [0.15, 0.2) is 0 Å². The number of pyridine rings is 1. The zero-order chi connectivity index (χ0) is 14.8. The third-order valence-corrected chi connectivity index (χ3v) is 3.61. The summed E-state index contributed by atoms with van der Waals surface area (Å²) in [5.41, 5.74) is 0.719. The summed E-state index contributed by atoms with van der Waals surface area (Å²) in [6, 6.07) is 4.48. The van der Waals surface area contributed by atoms with Gasteiger partial charge in [0.1, 0.15) is 6.04 Å². The van der Waals surface area contributed by atoms with Gasteiger partial charge in [-0.3, -0.25) is 19.9 Å². The lowest BCUT2D eigenvalue weighted by atomic mass is 10.0. The van der Waals surface area contributed by atoms with E-state index in [0.29, 0.717) is 23.0 Å². The van der Waals surface area contributed by atoms with Crippen molar-refractivity contribution in [3.8, 4) is 0 Å². The first-order valence-corrected chi connectivity index (χ1v) is 6.72. The molecule has 0 spiro atoms. The van der Waals surface area contributed by atoms with E-state index >= 15 is 0 Å². The molecule has 1 atom stereocenters. The molecule has 1 aromatic heterocycles. The van der Waals surface area contributed by atoms with Crippen LogP contribution in [0.15, 0.2) is 30.6 Å². The molecule has 1 saturated heterocycles. The first-order valence-electron chi connectivity index (χ1n) is 6.72. The minimum Gasteiger partial charge on any atom is -0.373 e. The maximum Gasteiger partial charge on any atom is 0.278 e. The second-order valence-electron chi connectivity index (χ2n) is 4.94. The molecule has 2 aromatic rings. The van der Waals surface area contributed by atoms with Crippen molar-refractivity contribution in [1.29, 1.82) is 0 Å². The molecule has 1 aliphatic heterocycles. The lowest BCUT2D eigenvalue weighted by Gasteiger charge is -2.24. The summed E-state index contributed by atoms with van der Waals surface area (Å²) >= 11 is 0. The van der Waals surface area contributed by atoms with Gasteiger partial charge < -0.3 is 10.6 Å². The summed E-state index contributed by atoms with van der Waals surface area (Å²) in [7, 11) is 0. The highest BCUT2D eigenvalue weighted by Gasteiger charge is 2.23. The second kappa shape index (κ2) is 5.35. The van der Waals surface area contributed by atoms with Crippen LogP contribution in [-0.2, 0) is 4.79 Å². The van der Waals surface area contributed by atoms with Crippen molar-refractivity contribution in [3.63, 3.8) is 0 Å². The second-order valence-corrected chi connectivity index (χ2v) is 4.94. The predicted molar refractivity (Wildman–Crippen MR) is 78.1 cm³/mol. The number of benzene rings is 1. The van der Waals surface area contributed by atoms with Crippen LogP contribution in [-0.4, -0.2) is 28.4 Å². The fourth-order valence-electron chi connectivity index (χ4n) is 2.56. The van der Waals surface area contributed by atoms with Crippen LogP contribution < -0.4 is 10.6 Å². The smallest absolute Gasteiger partial charge is 0.278 e. The molecule has 1 fully saturated rings. The van der Waals surface area contributed by atoms with E-state index in [1.54, 1.807) is 18.3 Å². The molecule has 1 unspecified atom stereocenters. The third-order valence-electron chi connectivity index (χ3n) is 3.61. The number of carbonyl (C=O) groups excluding carboxylic acids is 1. The molecule has 0 saturated carbocycles. The highest BCUT2D eigenvalue weighted by molar-refractivity contribution is 6.00. The lowest BCUT2D eigenvalue weighted by Crippen LogP contribution is -2.44. The Balaban J connectivity index is 2.01. The largest absolute Gasteiger partial charge is 0.373 e. The minimum absolute atomic E-state index is 0.0109. The topological polar surface area (TPSA) is 97.2 Å². The SMILES string of the molecule is O=C1NCCCC1Nc1ccc([N+](=O)[O-])c2cnccc12. The summed E-state index contributed by atoms with van der Waals surface area (Å²) < 4.78 is 0. The molecule has 2 N–H and O–H groups in total. The Morgan fingerprint density at radius 2 is 2.19 bits per heavy atom. The van der Waals surface area contributed by atoms with E-state index in [1.807, 2.05) is 0 Å². The molecule has 7 nitrogen and oxygen atoms in total. The van der Waals surface area contributed by atoms with Gasteiger partial charge in [-0.2, -0.15) is 0 Å². The van der Waals surface area contributed by atoms with Crippen LogP contribution in [0.5, 0.6) is 0 Å². The molecule has 0 bridgehead atoms. The molecule has 0 aliphatic carbocycles. The van der Waals surface area contributed by atoms with Gasteiger partial charge in [0.25, 0.3) is 5.69 Å². The van der Waals surface area contributed by atoms with Gasteiger partial charge in [0, 0.05) is 36.1 Å². The Labute approximate surface area is 120 Å². The lowest BCUT2D eigenvalue weighted by molar-refractivity contribution is -0.383. The van der Waals surface area contributed by atoms with Crippen molar-refractivity contribution in [2.75, 3.05) is 11.9 Å². The van der Waals surface area contributed by atoms with E-state index in [1.165, 1.54) is 12.3 Å². The van der Waals surface area contributed by atoms with Gasteiger partial charge in [-0.25, -0.2) is 0 Å². The highest BCUT2D eigenvalue weighted by atomic mass is 16.6. The molecule has 1 amide bonds. The van der Waals surface area contributed by atoms with Crippen molar-refractivity contribution in [1.82, 2.24) is 10.3 Å². The summed E-state index contributed by atoms with van der Waals surface area (Å²) in [4.78, 5) is 26.4. The summed E-state index contributed by atoms with van der Waals surface area (Å²) in [6.45, 7) is 0.696. The van der Waals surface area contributed by atoms with Gasteiger partial charge in [-0.05, 0) is 25.0 Å². The summed E-state index contributed by atoms with van der Waals surface area (Å²) in [5.74, 6) is -0.0400. The van der Waals surface area contributed by atoms with Crippen LogP contribution >= 0.6 is 0 Å². The minimum atomic E-state index is -0.429. The zero-order valence-electron chi connectivity index (χ0n) is 11.2. The van der Waals surface area contributed by atoms with E-state index in [2.05, 4.69) is 15.6 Å². The first kappa shape index (κ1) is 13.3. The monoisotopic (exact) mass is 286 g/mol. The van der Waals surface area contributed by atoms with Gasteiger partial charge in [0.2, 0.25) is 5.91 Å². The fraction of sp³-hybridized carbons (Fsp3) is 0.286. The quantitative estimate of drug-likeness (QED) is 0.662.